The number of carbonyl (C=O) groups excluding carboxylic acids is 1. The van der Waals surface area contributed by atoms with Crippen molar-refractivity contribution >= 4 is 33.4 Å². The van der Waals surface area contributed by atoms with Crippen molar-refractivity contribution in [3.8, 4) is 0 Å². The molecule has 1 amide bonds. The van der Waals surface area contributed by atoms with Crippen molar-refractivity contribution in [1.29, 1.82) is 0 Å². The highest BCUT2D eigenvalue weighted by atomic mass is 79.9. The number of alkyl halides is 1. The van der Waals surface area contributed by atoms with Gasteiger partial charge in [-0.05, 0) is 40.9 Å². The summed E-state index contributed by atoms with van der Waals surface area (Å²) in [4.78, 5) is 14.2. The maximum atomic E-state index is 14.0. The van der Waals surface area contributed by atoms with E-state index in [4.69, 9.17) is 11.6 Å². The van der Waals surface area contributed by atoms with Gasteiger partial charge >= 0.3 is 0 Å². The molecule has 2 nitrogen and oxygen atoms in total. The van der Waals surface area contributed by atoms with E-state index in [9.17, 15) is 9.18 Å². The molecule has 1 aliphatic carbocycles. The predicted octanol–water partition coefficient (Wildman–Crippen LogP) is 4.21. The maximum Gasteiger partial charge on any atom is 0.257 e. The molecule has 1 aromatic carbocycles. The monoisotopic (exact) mass is 347 g/mol. The van der Waals surface area contributed by atoms with Crippen LogP contribution in [-0.2, 0) is 0 Å². The average Bonchev–Trinajstić information content (AvgIpc) is 2.92. The Kier molecular flexibility index (Phi) is 5.22. The molecular formula is C14H16BrClFNO. The van der Waals surface area contributed by atoms with Crippen LogP contribution in [0.4, 0.5) is 4.39 Å². The standard InChI is InChI=1S/C14H16BrClFNO/c15-12-7-3-6-11(13(12)17)14(19)18(9-8-16)10-4-1-2-5-10/h3,6-7,10H,1-2,4-5,8-9H2. The first-order chi connectivity index (χ1) is 9.15. The van der Waals surface area contributed by atoms with E-state index in [2.05, 4.69) is 15.9 Å². The molecule has 2 rings (SSSR count). The van der Waals surface area contributed by atoms with Gasteiger partial charge in [0.25, 0.3) is 5.91 Å². The summed E-state index contributed by atoms with van der Waals surface area (Å²) < 4.78 is 14.3. The van der Waals surface area contributed by atoms with Crippen LogP contribution < -0.4 is 0 Å². The van der Waals surface area contributed by atoms with Crippen molar-refractivity contribution in [1.82, 2.24) is 4.90 Å². The van der Waals surface area contributed by atoms with Crippen LogP contribution in [0.2, 0.25) is 0 Å². The van der Waals surface area contributed by atoms with Crippen LogP contribution >= 0.6 is 27.5 Å². The average molecular weight is 349 g/mol. The molecule has 1 aromatic rings. The van der Waals surface area contributed by atoms with Crippen LogP contribution in [0.15, 0.2) is 22.7 Å². The van der Waals surface area contributed by atoms with E-state index in [-0.39, 0.29) is 17.5 Å². The van der Waals surface area contributed by atoms with Crippen molar-refractivity contribution in [2.45, 2.75) is 31.7 Å². The zero-order valence-electron chi connectivity index (χ0n) is 10.5. The first-order valence-corrected chi connectivity index (χ1v) is 7.79. The third kappa shape index (κ3) is 3.29. The molecule has 0 unspecified atom stereocenters. The van der Waals surface area contributed by atoms with Crippen molar-refractivity contribution in [2.75, 3.05) is 12.4 Å². The SMILES string of the molecule is O=C(c1cccc(Br)c1F)N(CCCl)C1CCCC1. The van der Waals surface area contributed by atoms with E-state index in [1.807, 2.05) is 0 Å². The summed E-state index contributed by atoms with van der Waals surface area (Å²) in [5.41, 5.74) is 0.117. The quantitative estimate of drug-likeness (QED) is 0.746. The summed E-state index contributed by atoms with van der Waals surface area (Å²) in [5.74, 6) is -0.380. The van der Waals surface area contributed by atoms with Crippen molar-refractivity contribution in [2.24, 2.45) is 0 Å². The molecule has 1 aliphatic rings. The summed E-state index contributed by atoms with van der Waals surface area (Å²) in [5, 5.41) is 0. The fourth-order valence-corrected chi connectivity index (χ4v) is 3.13. The molecule has 0 bridgehead atoms. The lowest BCUT2D eigenvalue weighted by molar-refractivity contribution is 0.0690. The number of benzene rings is 1. The molecule has 0 spiro atoms. The maximum absolute atomic E-state index is 14.0. The fraction of sp³-hybridized carbons (Fsp3) is 0.500. The lowest BCUT2D eigenvalue weighted by Gasteiger charge is -2.28. The number of amides is 1. The molecule has 0 heterocycles. The van der Waals surface area contributed by atoms with Gasteiger partial charge in [-0.2, -0.15) is 0 Å². The molecule has 0 N–H and O–H groups in total. The van der Waals surface area contributed by atoms with E-state index in [1.54, 1.807) is 17.0 Å². The molecule has 0 atom stereocenters. The molecule has 1 saturated carbocycles. The minimum absolute atomic E-state index is 0.117. The Morgan fingerprint density at radius 1 is 1.42 bits per heavy atom. The van der Waals surface area contributed by atoms with Gasteiger partial charge in [-0.3, -0.25) is 4.79 Å². The highest BCUT2D eigenvalue weighted by Crippen LogP contribution is 2.26. The largest absolute Gasteiger partial charge is 0.334 e. The van der Waals surface area contributed by atoms with E-state index < -0.39 is 5.82 Å². The predicted molar refractivity (Wildman–Crippen MR) is 78.1 cm³/mol. The lowest BCUT2D eigenvalue weighted by Crippen LogP contribution is -2.40. The van der Waals surface area contributed by atoms with E-state index >= 15 is 0 Å². The molecule has 104 valence electrons. The van der Waals surface area contributed by atoms with E-state index in [0.29, 0.717) is 16.9 Å². The topological polar surface area (TPSA) is 20.3 Å². The minimum Gasteiger partial charge on any atom is -0.334 e. The Morgan fingerprint density at radius 3 is 2.74 bits per heavy atom. The number of hydrogen-bond acceptors (Lipinski definition) is 1. The Hall–Kier alpha value is -0.610. The Morgan fingerprint density at radius 2 is 2.11 bits per heavy atom. The summed E-state index contributed by atoms with van der Waals surface area (Å²) in [6.07, 6.45) is 4.21. The summed E-state index contributed by atoms with van der Waals surface area (Å²) in [6, 6.07) is 4.99. The lowest BCUT2D eigenvalue weighted by atomic mass is 10.1. The van der Waals surface area contributed by atoms with Crippen LogP contribution in [0.5, 0.6) is 0 Å². The summed E-state index contributed by atoms with van der Waals surface area (Å²) in [6.45, 7) is 0.469. The second-order valence-electron chi connectivity index (χ2n) is 4.73. The summed E-state index contributed by atoms with van der Waals surface area (Å²) >= 11 is 8.89. The van der Waals surface area contributed by atoms with Crippen molar-refractivity contribution < 1.29 is 9.18 Å². The Bertz CT molecular complexity index is 463. The van der Waals surface area contributed by atoms with Gasteiger partial charge in [-0.25, -0.2) is 4.39 Å². The van der Waals surface area contributed by atoms with Gasteiger partial charge in [0.1, 0.15) is 5.82 Å². The van der Waals surface area contributed by atoms with Gasteiger partial charge < -0.3 is 4.90 Å². The molecule has 1 fully saturated rings. The molecule has 19 heavy (non-hydrogen) atoms. The highest BCUT2D eigenvalue weighted by molar-refractivity contribution is 9.10. The zero-order chi connectivity index (χ0) is 13.8. The van der Waals surface area contributed by atoms with Gasteiger partial charge in [-0.1, -0.05) is 18.9 Å². The Labute approximate surface area is 126 Å². The van der Waals surface area contributed by atoms with Crippen LogP contribution in [0.25, 0.3) is 0 Å². The normalized spacial score (nSPS) is 15.7. The smallest absolute Gasteiger partial charge is 0.257 e. The van der Waals surface area contributed by atoms with Crippen molar-refractivity contribution in [3.63, 3.8) is 0 Å². The van der Waals surface area contributed by atoms with Crippen LogP contribution in [-0.4, -0.2) is 29.3 Å². The van der Waals surface area contributed by atoms with E-state index in [1.165, 1.54) is 6.07 Å². The molecular weight excluding hydrogens is 333 g/mol. The number of carbonyl (C=O) groups is 1. The Balaban J connectivity index is 2.25. The minimum atomic E-state index is -0.495. The van der Waals surface area contributed by atoms with Gasteiger partial charge in [0.15, 0.2) is 0 Å². The van der Waals surface area contributed by atoms with Gasteiger partial charge in [0.05, 0.1) is 10.0 Å². The second-order valence-corrected chi connectivity index (χ2v) is 5.96. The van der Waals surface area contributed by atoms with Crippen LogP contribution in [0.1, 0.15) is 36.0 Å². The van der Waals surface area contributed by atoms with Crippen LogP contribution in [0, 0.1) is 5.82 Å². The zero-order valence-corrected chi connectivity index (χ0v) is 12.9. The van der Waals surface area contributed by atoms with Crippen molar-refractivity contribution in [3.05, 3.63) is 34.1 Å². The number of nitrogens with zero attached hydrogens (tertiary/aromatic N) is 1. The highest BCUT2D eigenvalue weighted by Gasteiger charge is 2.28. The van der Waals surface area contributed by atoms with Gasteiger partial charge in [0.2, 0.25) is 0 Å². The number of rotatable bonds is 4. The van der Waals surface area contributed by atoms with Gasteiger partial charge in [-0.15, -0.1) is 11.6 Å². The van der Waals surface area contributed by atoms with Gasteiger partial charge in [0, 0.05) is 18.5 Å². The first kappa shape index (κ1) is 14.8. The number of hydrogen-bond donors (Lipinski definition) is 0. The molecule has 0 aliphatic heterocycles. The molecule has 0 saturated heterocycles. The number of halogens is 3. The third-order valence-electron chi connectivity index (χ3n) is 3.53. The molecule has 5 heteroatoms. The second kappa shape index (κ2) is 6.71. The van der Waals surface area contributed by atoms with Crippen LogP contribution in [0.3, 0.4) is 0 Å². The summed E-state index contributed by atoms with van der Waals surface area (Å²) in [7, 11) is 0. The fourth-order valence-electron chi connectivity index (χ4n) is 2.58. The molecule has 0 radical (unpaired) electrons. The van der Waals surface area contributed by atoms with E-state index in [0.717, 1.165) is 25.7 Å². The third-order valence-corrected chi connectivity index (χ3v) is 4.32. The first-order valence-electron chi connectivity index (χ1n) is 6.46. The molecule has 0 aromatic heterocycles.